The van der Waals surface area contributed by atoms with Crippen LogP contribution < -0.4 is 11.5 Å². The molecule has 0 spiro atoms. The Morgan fingerprint density at radius 1 is 1.06 bits per heavy atom. The Kier molecular flexibility index (Phi) is 7.18. The minimum absolute atomic E-state index is 0.0556. The molecule has 1 heterocycles. The van der Waals surface area contributed by atoms with Crippen LogP contribution in [0.25, 0.3) is 0 Å². The topological polar surface area (TPSA) is 127 Å². The molecule has 8 heteroatoms. The van der Waals surface area contributed by atoms with E-state index in [1.54, 1.807) is 6.92 Å². The maximum Gasteiger partial charge on any atom is 0.338 e. The number of carboxylic acid groups (broad SMARTS) is 1. The quantitative estimate of drug-likeness (QED) is 0.564. The molecule has 2 fully saturated rings. The summed E-state index contributed by atoms with van der Waals surface area (Å²) in [5.41, 5.74) is 11.1. The first-order valence-electron chi connectivity index (χ1n) is 12.5. The number of nitrogens with two attached hydrogens (primary N) is 2. The molecule has 2 amide bonds. The van der Waals surface area contributed by atoms with E-state index in [0.717, 1.165) is 18.4 Å². The predicted octanol–water partition coefficient (Wildman–Crippen LogP) is 3.63. The van der Waals surface area contributed by atoms with Crippen LogP contribution in [0.3, 0.4) is 0 Å². The third kappa shape index (κ3) is 4.39. The molecule has 1 saturated carbocycles. The van der Waals surface area contributed by atoms with Crippen LogP contribution in [-0.4, -0.2) is 45.9 Å². The minimum atomic E-state index is -1.42. The number of primary amides is 1. The molecule has 2 aromatic carbocycles. The number of hydrogen-bond acceptors (Lipinski definition) is 4. The fraction of sp³-hybridized carbons (Fsp3) is 0.464. The van der Waals surface area contributed by atoms with Crippen LogP contribution in [0.2, 0.25) is 0 Å². The molecule has 0 aromatic heterocycles. The first kappa shape index (κ1) is 25.8. The fourth-order valence-corrected chi connectivity index (χ4v) is 6.27. The lowest BCUT2D eigenvalue weighted by Crippen LogP contribution is -2.58. The summed E-state index contributed by atoms with van der Waals surface area (Å²) in [5.74, 6) is -4.30. The first-order chi connectivity index (χ1) is 17.1. The largest absolute Gasteiger partial charge is 0.478 e. The van der Waals surface area contributed by atoms with E-state index < -0.39 is 40.6 Å². The second-order valence-corrected chi connectivity index (χ2v) is 10.4. The summed E-state index contributed by atoms with van der Waals surface area (Å²) >= 11 is 0. The number of amides is 2. The van der Waals surface area contributed by atoms with Gasteiger partial charge in [-0.15, -0.1) is 0 Å². The van der Waals surface area contributed by atoms with Crippen molar-refractivity contribution in [3.8, 4) is 0 Å². The SMILES string of the molecule is CC(N)C1CCC(C(=O)N2CC(c3cccc(C(=O)O)c3F)[C@@H](c3ccccc3)[C@@]2(C)C(N)=O)CC1. The van der Waals surface area contributed by atoms with E-state index in [0.29, 0.717) is 18.8 Å². The number of aromatic carboxylic acids is 1. The van der Waals surface area contributed by atoms with E-state index in [-0.39, 0.29) is 30.0 Å². The van der Waals surface area contributed by atoms with Gasteiger partial charge in [-0.05, 0) is 62.6 Å². The normalized spacial score (nSPS) is 29.1. The van der Waals surface area contributed by atoms with Gasteiger partial charge in [-0.2, -0.15) is 0 Å². The molecule has 1 aliphatic heterocycles. The van der Waals surface area contributed by atoms with Gasteiger partial charge in [-0.25, -0.2) is 9.18 Å². The summed E-state index contributed by atoms with van der Waals surface area (Å²) in [5, 5.41) is 9.49. The first-order valence-corrected chi connectivity index (χ1v) is 12.5. The maximum absolute atomic E-state index is 15.5. The summed E-state index contributed by atoms with van der Waals surface area (Å²) < 4.78 is 15.5. The highest BCUT2D eigenvalue weighted by molar-refractivity contribution is 5.93. The lowest BCUT2D eigenvalue weighted by molar-refractivity contribution is -0.147. The summed E-state index contributed by atoms with van der Waals surface area (Å²) in [6.07, 6.45) is 2.99. The van der Waals surface area contributed by atoms with E-state index in [4.69, 9.17) is 11.5 Å². The Morgan fingerprint density at radius 3 is 2.25 bits per heavy atom. The highest BCUT2D eigenvalue weighted by atomic mass is 19.1. The molecule has 2 unspecified atom stereocenters. The van der Waals surface area contributed by atoms with Crippen LogP contribution in [0.4, 0.5) is 4.39 Å². The maximum atomic E-state index is 15.5. The van der Waals surface area contributed by atoms with Gasteiger partial charge in [-0.3, -0.25) is 9.59 Å². The lowest BCUT2D eigenvalue weighted by Gasteiger charge is -2.40. The van der Waals surface area contributed by atoms with Gasteiger partial charge in [0, 0.05) is 30.3 Å². The van der Waals surface area contributed by atoms with Gasteiger partial charge in [0.05, 0.1) is 5.56 Å². The summed E-state index contributed by atoms with van der Waals surface area (Å²) in [7, 11) is 0. The Hall–Kier alpha value is -3.26. The average Bonchev–Trinajstić information content (AvgIpc) is 3.18. The standard InChI is InChI=1S/C28H34FN3O4/c1-16(30)17-11-13-19(14-12-17)25(33)32-15-22(20-9-6-10-21(24(20)29)26(34)35)23(28(32,2)27(31)36)18-7-4-3-5-8-18/h3-10,16-17,19,22-23H,11-15,30H2,1-2H3,(H2,31,36)(H,34,35)/t16?,17?,19?,22?,23-,28+/m1/s1. The van der Waals surface area contributed by atoms with Crippen molar-refractivity contribution in [1.82, 2.24) is 4.90 Å². The van der Waals surface area contributed by atoms with Crippen molar-refractivity contribution in [3.05, 3.63) is 71.0 Å². The van der Waals surface area contributed by atoms with Crippen molar-refractivity contribution in [3.63, 3.8) is 0 Å². The third-order valence-electron chi connectivity index (χ3n) is 8.39. The summed E-state index contributed by atoms with van der Waals surface area (Å²) in [4.78, 5) is 40.2. The van der Waals surface area contributed by atoms with Gasteiger partial charge in [0.15, 0.2) is 0 Å². The molecule has 4 rings (SSSR count). The molecule has 2 aromatic rings. The van der Waals surface area contributed by atoms with Crippen LogP contribution in [0.1, 0.15) is 72.9 Å². The second kappa shape index (κ2) is 10.0. The molecule has 1 saturated heterocycles. The predicted molar refractivity (Wildman–Crippen MR) is 134 cm³/mol. The van der Waals surface area contributed by atoms with Gasteiger partial charge >= 0.3 is 5.97 Å². The minimum Gasteiger partial charge on any atom is -0.478 e. The van der Waals surface area contributed by atoms with E-state index in [9.17, 15) is 19.5 Å². The molecular weight excluding hydrogens is 461 g/mol. The molecule has 0 bridgehead atoms. The van der Waals surface area contributed by atoms with Gasteiger partial charge < -0.3 is 21.5 Å². The summed E-state index contributed by atoms with van der Waals surface area (Å²) in [6, 6.07) is 13.4. The zero-order chi connectivity index (χ0) is 26.2. The number of carbonyl (C=O) groups is 3. The number of carboxylic acids is 1. The smallest absolute Gasteiger partial charge is 0.338 e. The fourth-order valence-electron chi connectivity index (χ4n) is 6.27. The van der Waals surface area contributed by atoms with Gasteiger partial charge in [0.25, 0.3) is 0 Å². The van der Waals surface area contributed by atoms with Crippen molar-refractivity contribution >= 4 is 17.8 Å². The molecule has 5 N–H and O–H groups in total. The van der Waals surface area contributed by atoms with Crippen molar-refractivity contribution in [2.75, 3.05) is 6.54 Å². The number of hydrogen-bond donors (Lipinski definition) is 3. The third-order valence-corrected chi connectivity index (χ3v) is 8.39. The molecule has 36 heavy (non-hydrogen) atoms. The molecule has 192 valence electrons. The van der Waals surface area contributed by atoms with Crippen LogP contribution in [0, 0.1) is 17.7 Å². The molecule has 1 aliphatic carbocycles. The van der Waals surface area contributed by atoms with Crippen molar-refractivity contribution in [2.24, 2.45) is 23.3 Å². The van der Waals surface area contributed by atoms with Crippen LogP contribution in [0.5, 0.6) is 0 Å². The van der Waals surface area contributed by atoms with Crippen LogP contribution in [-0.2, 0) is 9.59 Å². The van der Waals surface area contributed by atoms with E-state index in [1.807, 2.05) is 37.3 Å². The lowest BCUT2D eigenvalue weighted by atomic mass is 9.73. The molecule has 4 atom stereocenters. The van der Waals surface area contributed by atoms with Gasteiger partial charge in [0.2, 0.25) is 11.8 Å². The Morgan fingerprint density at radius 2 is 1.69 bits per heavy atom. The second-order valence-electron chi connectivity index (χ2n) is 10.4. The summed E-state index contributed by atoms with van der Waals surface area (Å²) in [6.45, 7) is 3.69. The van der Waals surface area contributed by atoms with Gasteiger partial charge in [-0.1, -0.05) is 42.5 Å². The Labute approximate surface area is 210 Å². The monoisotopic (exact) mass is 495 g/mol. The molecular formula is C28H34FN3O4. The zero-order valence-electron chi connectivity index (χ0n) is 20.7. The molecule has 7 nitrogen and oxygen atoms in total. The molecule has 2 aliphatic rings. The number of likely N-dealkylation sites (tertiary alicyclic amines) is 1. The van der Waals surface area contributed by atoms with Crippen LogP contribution >= 0.6 is 0 Å². The van der Waals surface area contributed by atoms with E-state index in [2.05, 4.69) is 0 Å². The number of benzene rings is 2. The van der Waals surface area contributed by atoms with Crippen LogP contribution in [0.15, 0.2) is 48.5 Å². The number of nitrogens with zero attached hydrogens (tertiary/aromatic N) is 1. The Bertz CT molecular complexity index is 1150. The number of halogens is 1. The highest BCUT2D eigenvalue weighted by Gasteiger charge is 2.58. The van der Waals surface area contributed by atoms with E-state index in [1.165, 1.54) is 23.1 Å². The van der Waals surface area contributed by atoms with Crippen molar-refractivity contribution in [1.29, 1.82) is 0 Å². The highest BCUT2D eigenvalue weighted by Crippen LogP contribution is 2.52. The van der Waals surface area contributed by atoms with Crippen molar-refractivity contribution in [2.45, 2.75) is 62.9 Å². The molecule has 0 radical (unpaired) electrons. The zero-order valence-corrected chi connectivity index (χ0v) is 20.7. The van der Waals surface area contributed by atoms with E-state index >= 15 is 4.39 Å². The van der Waals surface area contributed by atoms with Crippen molar-refractivity contribution < 1.29 is 23.9 Å². The average molecular weight is 496 g/mol. The van der Waals surface area contributed by atoms with Gasteiger partial charge in [0.1, 0.15) is 11.4 Å². The Balaban J connectivity index is 1.79. The number of carbonyl (C=O) groups excluding carboxylic acids is 2. The number of rotatable bonds is 6.